The lowest BCUT2D eigenvalue weighted by atomic mass is 10.1. The summed E-state index contributed by atoms with van der Waals surface area (Å²) in [4.78, 5) is 16.4. The predicted octanol–water partition coefficient (Wildman–Crippen LogP) is 0.953. The van der Waals surface area contributed by atoms with E-state index in [9.17, 15) is 9.18 Å². The van der Waals surface area contributed by atoms with Crippen LogP contribution in [-0.4, -0.2) is 23.8 Å². The molecule has 0 aromatic heterocycles. The number of hydrogen-bond acceptors (Lipinski definition) is 3. The zero-order chi connectivity index (χ0) is 11.7. The highest BCUT2D eigenvalue weighted by Crippen LogP contribution is 2.17. The van der Waals surface area contributed by atoms with Crippen LogP contribution in [0.5, 0.6) is 0 Å². The molecule has 1 aliphatic rings. The number of nitrogens with two attached hydrogens (primary N) is 1. The summed E-state index contributed by atoms with van der Waals surface area (Å²) in [7, 11) is 1.61. The highest BCUT2D eigenvalue weighted by atomic mass is 19.1. The molecule has 1 amide bonds. The molecule has 82 valence electrons. The number of aliphatic imine (C=N–C) groups is 1. The van der Waals surface area contributed by atoms with E-state index in [1.165, 1.54) is 17.0 Å². The number of amides is 1. The van der Waals surface area contributed by atoms with Crippen molar-refractivity contribution in [1.29, 1.82) is 0 Å². The average Bonchev–Trinajstić information content (AvgIpc) is 2.48. The quantitative estimate of drug-likeness (QED) is 0.715. The maximum Gasteiger partial charge on any atom is 0.296 e. The second kappa shape index (κ2) is 3.77. The molecule has 2 N–H and O–H groups in total. The van der Waals surface area contributed by atoms with E-state index in [-0.39, 0.29) is 17.5 Å². The second-order valence-electron chi connectivity index (χ2n) is 3.39. The van der Waals surface area contributed by atoms with Gasteiger partial charge in [-0.3, -0.25) is 4.79 Å². The molecule has 1 aromatic rings. The third-order valence-corrected chi connectivity index (χ3v) is 2.34. The summed E-state index contributed by atoms with van der Waals surface area (Å²) in [5, 5.41) is 0. The number of nitrogens with zero attached hydrogens (tertiary/aromatic N) is 2. The van der Waals surface area contributed by atoms with Gasteiger partial charge < -0.3 is 10.6 Å². The highest BCUT2D eigenvalue weighted by molar-refractivity contribution is 6.11. The predicted molar refractivity (Wildman–Crippen MR) is 58.8 cm³/mol. The van der Waals surface area contributed by atoms with E-state index in [1.807, 2.05) is 0 Å². The van der Waals surface area contributed by atoms with Crippen LogP contribution in [-0.2, 0) is 4.79 Å². The van der Waals surface area contributed by atoms with Crippen molar-refractivity contribution in [2.24, 2.45) is 10.7 Å². The van der Waals surface area contributed by atoms with Gasteiger partial charge in [-0.1, -0.05) is 18.2 Å². The lowest BCUT2D eigenvalue weighted by Gasteiger charge is -2.11. The van der Waals surface area contributed by atoms with Gasteiger partial charge in [-0.25, -0.2) is 4.39 Å². The summed E-state index contributed by atoms with van der Waals surface area (Å²) in [6.45, 7) is 0. The summed E-state index contributed by atoms with van der Waals surface area (Å²) < 4.78 is 13.4. The molecular weight excluding hydrogens is 209 g/mol. The summed E-state index contributed by atoms with van der Waals surface area (Å²) >= 11 is 0. The van der Waals surface area contributed by atoms with E-state index in [1.54, 1.807) is 25.2 Å². The fourth-order valence-electron chi connectivity index (χ4n) is 1.40. The van der Waals surface area contributed by atoms with Gasteiger partial charge in [0.25, 0.3) is 5.91 Å². The maximum atomic E-state index is 13.4. The monoisotopic (exact) mass is 219 g/mol. The molecule has 2 rings (SSSR count). The summed E-state index contributed by atoms with van der Waals surface area (Å²) in [6.07, 6.45) is 1.43. The fourth-order valence-corrected chi connectivity index (χ4v) is 1.40. The Morgan fingerprint density at radius 2 is 2.12 bits per heavy atom. The minimum Gasteiger partial charge on any atom is -0.369 e. The Labute approximate surface area is 91.9 Å². The first-order chi connectivity index (χ1) is 7.59. The fraction of sp³-hybridized carbons (Fsp3) is 0.0909. The number of guanidine groups is 1. The first kappa shape index (κ1) is 10.4. The molecule has 0 aliphatic carbocycles. The van der Waals surface area contributed by atoms with Gasteiger partial charge in [-0.15, -0.1) is 0 Å². The van der Waals surface area contributed by atoms with Gasteiger partial charge in [0.15, 0.2) is 0 Å². The van der Waals surface area contributed by atoms with Crippen LogP contribution in [0.2, 0.25) is 0 Å². The molecule has 0 unspecified atom stereocenters. The van der Waals surface area contributed by atoms with Gasteiger partial charge in [-0.05, 0) is 12.1 Å². The SMILES string of the molecule is CN1C(=Cc2ccccc2F)C(=O)N=C1N. The largest absolute Gasteiger partial charge is 0.369 e. The molecule has 0 saturated heterocycles. The van der Waals surface area contributed by atoms with Crippen LogP contribution in [0.15, 0.2) is 35.0 Å². The first-order valence-corrected chi connectivity index (χ1v) is 4.68. The molecule has 1 heterocycles. The topological polar surface area (TPSA) is 58.7 Å². The standard InChI is InChI=1S/C11H10FN3O/c1-15-9(10(16)14-11(15)13)6-7-4-2-3-5-8(7)12/h2-6H,1H3,(H2,13,14,16). The normalized spacial score (nSPS) is 18.1. The molecule has 0 spiro atoms. The minimum atomic E-state index is -0.455. The van der Waals surface area contributed by atoms with Crippen molar-refractivity contribution in [2.75, 3.05) is 7.05 Å². The number of benzene rings is 1. The lowest BCUT2D eigenvalue weighted by molar-refractivity contribution is -0.114. The Balaban J connectivity index is 2.40. The lowest BCUT2D eigenvalue weighted by Crippen LogP contribution is -2.28. The zero-order valence-corrected chi connectivity index (χ0v) is 8.64. The molecule has 4 nitrogen and oxygen atoms in total. The van der Waals surface area contributed by atoms with Gasteiger partial charge in [0.1, 0.15) is 11.5 Å². The van der Waals surface area contributed by atoms with Gasteiger partial charge in [0.05, 0.1) is 0 Å². The molecule has 0 saturated carbocycles. The Morgan fingerprint density at radius 1 is 1.44 bits per heavy atom. The Morgan fingerprint density at radius 3 is 2.69 bits per heavy atom. The number of likely N-dealkylation sites (N-methyl/N-ethyl adjacent to an activating group) is 1. The average molecular weight is 219 g/mol. The van der Waals surface area contributed by atoms with Crippen molar-refractivity contribution in [3.8, 4) is 0 Å². The third-order valence-electron chi connectivity index (χ3n) is 2.34. The van der Waals surface area contributed by atoms with E-state index in [4.69, 9.17) is 5.73 Å². The van der Waals surface area contributed by atoms with Gasteiger partial charge in [-0.2, -0.15) is 4.99 Å². The number of carbonyl (C=O) groups is 1. The zero-order valence-electron chi connectivity index (χ0n) is 8.64. The smallest absolute Gasteiger partial charge is 0.296 e. The molecule has 0 fully saturated rings. The molecule has 0 radical (unpaired) electrons. The van der Waals surface area contributed by atoms with Crippen LogP contribution in [0.3, 0.4) is 0 Å². The molecule has 1 aromatic carbocycles. The summed E-state index contributed by atoms with van der Waals surface area (Å²) in [6, 6.07) is 6.19. The maximum absolute atomic E-state index is 13.4. The van der Waals surface area contributed by atoms with Gasteiger partial charge in [0, 0.05) is 12.6 Å². The van der Waals surface area contributed by atoms with Crippen molar-refractivity contribution in [3.05, 3.63) is 41.3 Å². The van der Waals surface area contributed by atoms with Crippen LogP contribution < -0.4 is 5.73 Å². The summed E-state index contributed by atoms with van der Waals surface area (Å²) in [5.74, 6) is -0.725. The van der Waals surface area contributed by atoms with Crippen molar-refractivity contribution in [1.82, 2.24) is 4.90 Å². The molecule has 0 bridgehead atoms. The molecule has 5 heteroatoms. The van der Waals surface area contributed by atoms with Gasteiger partial charge in [0.2, 0.25) is 5.96 Å². The van der Waals surface area contributed by atoms with E-state index in [0.29, 0.717) is 5.56 Å². The first-order valence-electron chi connectivity index (χ1n) is 4.68. The van der Waals surface area contributed by atoms with E-state index in [2.05, 4.69) is 4.99 Å². The van der Waals surface area contributed by atoms with Crippen LogP contribution in [0.25, 0.3) is 6.08 Å². The van der Waals surface area contributed by atoms with Crippen LogP contribution in [0.4, 0.5) is 4.39 Å². The van der Waals surface area contributed by atoms with Crippen molar-refractivity contribution >= 4 is 17.9 Å². The Kier molecular flexibility index (Phi) is 2.44. The number of carbonyl (C=O) groups excluding carboxylic acids is 1. The molecule has 16 heavy (non-hydrogen) atoms. The second-order valence-corrected chi connectivity index (χ2v) is 3.39. The van der Waals surface area contributed by atoms with Crippen molar-refractivity contribution in [2.45, 2.75) is 0 Å². The number of rotatable bonds is 1. The molecule has 1 aliphatic heterocycles. The van der Waals surface area contributed by atoms with Crippen LogP contribution >= 0.6 is 0 Å². The van der Waals surface area contributed by atoms with Gasteiger partial charge >= 0.3 is 0 Å². The number of halogens is 1. The summed E-state index contributed by atoms with van der Waals surface area (Å²) in [5.41, 5.74) is 6.07. The van der Waals surface area contributed by atoms with E-state index in [0.717, 1.165) is 0 Å². The minimum absolute atomic E-state index is 0.118. The van der Waals surface area contributed by atoms with Crippen LogP contribution in [0, 0.1) is 5.82 Å². The van der Waals surface area contributed by atoms with Crippen LogP contribution in [0.1, 0.15) is 5.56 Å². The van der Waals surface area contributed by atoms with Crippen molar-refractivity contribution in [3.63, 3.8) is 0 Å². The Hall–Kier alpha value is -2.17. The Bertz CT molecular complexity index is 508. The molecule has 0 atom stereocenters. The van der Waals surface area contributed by atoms with E-state index >= 15 is 0 Å². The molecular formula is C11H10FN3O. The highest BCUT2D eigenvalue weighted by Gasteiger charge is 2.24. The van der Waals surface area contributed by atoms with E-state index < -0.39 is 5.91 Å². The third kappa shape index (κ3) is 1.67. The number of hydrogen-bond donors (Lipinski definition) is 1. The van der Waals surface area contributed by atoms with Crippen molar-refractivity contribution < 1.29 is 9.18 Å².